The van der Waals surface area contributed by atoms with E-state index in [1.807, 2.05) is 48.5 Å². The van der Waals surface area contributed by atoms with Crippen molar-refractivity contribution in [3.63, 3.8) is 0 Å². The predicted molar refractivity (Wildman–Crippen MR) is 149 cm³/mol. The molecule has 1 saturated carbocycles. The van der Waals surface area contributed by atoms with Crippen LogP contribution in [0.25, 0.3) is 11.1 Å². The molecule has 1 heterocycles. The third-order valence-corrected chi connectivity index (χ3v) is 7.52. The summed E-state index contributed by atoms with van der Waals surface area (Å²) < 4.78 is 50.9. The Morgan fingerprint density at radius 3 is 2.14 bits per heavy atom. The van der Waals surface area contributed by atoms with Gasteiger partial charge in [-0.25, -0.2) is 9.59 Å². The number of carbonyl (C=O) groups excluding carboxylic acids is 1. The van der Waals surface area contributed by atoms with Gasteiger partial charge in [0, 0.05) is 18.3 Å². The number of nitrogens with one attached hydrogen (secondary N) is 1. The zero-order chi connectivity index (χ0) is 30.1. The topological polar surface area (TPSA) is 111 Å². The summed E-state index contributed by atoms with van der Waals surface area (Å²) in [5.74, 6) is -1.28. The summed E-state index contributed by atoms with van der Waals surface area (Å²) in [6, 6.07) is 21.1. The number of aliphatic carboxylic acids is 1. The number of carboxylic acid groups (broad SMARTS) is 1. The number of fused-ring (bicyclic) bond motifs is 3. The third kappa shape index (κ3) is 6.30. The van der Waals surface area contributed by atoms with Crippen molar-refractivity contribution in [3.05, 3.63) is 107 Å². The molecule has 0 bridgehead atoms. The van der Waals surface area contributed by atoms with Gasteiger partial charge in [0.2, 0.25) is 0 Å². The molecule has 8 nitrogen and oxygen atoms in total. The van der Waals surface area contributed by atoms with Crippen molar-refractivity contribution in [1.29, 1.82) is 0 Å². The predicted octanol–water partition coefficient (Wildman–Crippen LogP) is 6.70. The smallest absolute Gasteiger partial charge is 0.433 e. The molecular formula is C32H26F3N3O5. The number of carbonyl (C=O) groups is 2. The van der Waals surface area contributed by atoms with Crippen LogP contribution in [0.3, 0.4) is 0 Å². The van der Waals surface area contributed by atoms with E-state index in [0.29, 0.717) is 5.56 Å². The molecule has 3 aromatic carbocycles. The first kappa shape index (κ1) is 28.2. The van der Waals surface area contributed by atoms with Crippen LogP contribution in [0, 0.1) is 0 Å². The SMILES string of the molecule is O=C(NC(Cc1ccc(Oc2nc(C3CC3)cc(C(F)(F)F)n2)cc1)C(=O)O)OCC1c2ccccc2-c2ccccc21. The van der Waals surface area contributed by atoms with Gasteiger partial charge in [0.05, 0.1) is 5.69 Å². The van der Waals surface area contributed by atoms with E-state index < -0.39 is 36.0 Å². The number of ether oxygens (including phenoxy) is 2. The lowest BCUT2D eigenvalue weighted by molar-refractivity contribution is -0.141. The van der Waals surface area contributed by atoms with Crippen LogP contribution in [0.2, 0.25) is 0 Å². The van der Waals surface area contributed by atoms with Gasteiger partial charge in [-0.05, 0) is 58.9 Å². The molecule has 11 heteroatoms. The molecule has 1 amide bonds. The number of amides is 1. The summed E-state index contributed by atoms with van der Waals surface area (Å²) >= 11 is 0. The van der Waals surface area contributed by atoms with Gasteiger partial charge in [0.15, 0.2) is 5.69 Å². The van der Waals surface area contributed by atoms with E-state index >= 15 is 0 Å². The van der Waals surface area contributed by atoms with Crippen molar-refractivity contribution in [3.8, 4) is 22.9 Å². The molecule has 1 fully saturated rings. The molecular weight excluding hydrogens is 563 g/mol. The van der Waals surface area contributed by atoms with Crippen molar-refractivity contribution in [1.82, 2.24) is 15.3 Å². The Balaban J connectivity index is 1.08. The zero-order valence-electron chi connectivity index (χ0n) is 22.7. The van der Waals surface area contributed by atoms with E-state index in [1.54, 1.807) is 12.1 Å². The summed E-state index contributed by atoms with van der Waals surface area (Å²) in [4.78, 5) is 32.2. The van der Waals surface area contributed by atoms with Gasteiger partial charge in [0.25, 0.3) is 0 Å². The number of rotatable bonds is 9. The maximum absolute atomic E-state index is 13.3. The molecule has 220 valence electrons. The monoisotopic (exact) mass is 589 g/mol. The Morgan fingerprint density at radius 2 is 1.56 bits per heavy atom. The van der Waals surface area contributed by atoms with Gasteiger partial charge in [-0.2, -0.15) is 23.1 Å². The van der Waals surface area contributed by atoms with E-state index in [0.717, 1.165) is 41.2 Å². The van der Waals surface area contributed by atoms with Crippen molar-refractivity contribution >= 4 is 12.1 Å². The number of halogens is 3. The molecule has 1 unspecified atom stereocenters. The van der Waals surface area contributed by atoms with Gasteiger partial charge in [-0.15, -0.1) is 0 Å². The Morgan fingerprint density at radius 1 is 0.930 bits per heavy atom. The Bertz CT molecular complexity index is 1630. The lowest BCUT2D eigenvalue weighted by Crippen LogP contribution is -2.42. The number of carboxylic acids is 1. The van der Waals surface area contributed by atoms with E-state index in [1.165, 1.54) is 12.1 Å². The van der Waals surface area contributed by atoms with Crippen LogP contribution in [0.4, 0.5) is 18.0 Å². The molecule has 4 aromatic rings. The van der Waals surface area contributed by atoms with Crippen LogP contribution in [-0.2, 0) is 22.1 Å². The quantitative estimate of drug-likeness (QED) is 0.224. The Kier molecular flexibility index (Phi) is 7.47. The van der Waals surface area contributed by atoms with Crippen LogP contribution >= 0.6 is 0 Å². The average molecular weight is 590 g/mol. The molecule has 43 heavy (non-hydrogen) atoms. The van der Waals surface area contributed by atoms with Crippen LogP contribution in [0.1, 0.15) is 52.8 Å². The molecule has 2 aliphatic carbocycles. The molecule has 0 aliphatic heterocycles. The van der Waals surface area contributed by atoms with Crippen molar-refractivity contribution in [2.24, 2.45) is 0 Å². The van der Waals surface area contributed by atoms with Crippen LogP contribution in [0.15, 0.2) is 78.9 Å². The Hall–Kier alpha value is -4.93. The fraction of sp³-hybridized carbons (Fsp3) is 0.250. The second-order valence-electron chi connectivity index (χ2n) is 10.5. The highest BCUT2D eigenvalue weighted by Crippen LogP contribution is 2.44. The number of alkyl carbamates (subject to hydrolysis) is 1. The van der Waals surface area contributed by atoms with Gasteiger partial charge >= 0.3 is 24.2 Å². The van der Waals surface area contributed by atoms with E-state index in [2.05, 4.69) is 15.3 Å². The van der Waals surface area contributed by atoms with Crippen molar-refractivity contribution < 1.29 is 37.3 Å². The molecule has 0 radical (unpaired) electrons. The first-order chi connectivity index (χ1) is 20.7. The van der Waals surface area contributed by atoms with E-state index in [4.69, 9.17) is 9.47 Å². The molecule has 0 spiro atoms. The minimum absolute atomic E-state index is 0.0363. The lowest BCUT2D eigenvalue weighted by Gasteiger charge is -2.17. The normalized spacial score (nSPS) is 14.9. The molecule has 2 aliphatic rings. The minimum Gasteiger partial charge on any atom is -0.480 e. The summed E-state index contributed by atoms with van der Waals surface area (Å²) in [6.07, 6.45) is -4.04. The number of hydrogen-bond acceptors (Lipinski definition) is 6. The number of alkyl halides is 3. The van der Waals surface area contributed by atoms with Crippen molar-refractivity contribution in [2.75, 3.05) is 6.61 Å². The summed E-state index contributed by atoms with van der Waals surface area (Å²) in [6.45, 7) is 0.0400. The van der Waals surface area contributed by atoms with Gasteiger partial charge in [0.1, 0.15) is 18.4 Å². The largest absolute Gasteiger partial charge is 0.480 e. The Labute approximate surface area is 244 Å². The standard InChI is InChI=1S/C32H26F3N3O5/c33-32(34,35)28-16-26(19-11-12-19)36-30(38-28)43-20-13-9-18(10-14-20)15-27(29(39)40)37-31(41)42-17-25-23-7-3-1-5-21(23)22-6-2-4-8-24(22)25/h1-10,13-14,16,19,25,27H,11-12,15,17H2,(H,37,41)(H,39,40). The highest BCUT2D eigenvalue weighted by molar-refractivity contribution is 5.81. The summed E-state index contributed by atoms with van der Waals surface area (Å²) in [5, 5.41) is 12.2. The first-order valence-electron chi connectivity index (χ1n) is 13.7. The summed E-state index contributed by atoms with van der Waals surface area (Å²) in [5.41, 5.74) is 3.98. The summed E-state index contributed by atoms with van der Waals surface area (Å²) in [7, 11) is 0. The van der Waals surface area contributed by atoms with Gasteiger partial charge < -0.3 is 19.9 Å². The highest BCUT2D eigenvalue weighted by Gasteiger charge is 2.36. The number of benzene rings is 3. The molecule has 1 aromatic heterocycles. The maximum Gasteiger partial charge on any atom is 0.433 e. The second kappa shape index (κ2) is 11.4. The molecule has 6 rings (SSSR count). The third-order valence-electron chi connectivity index (χ3n) is 7.52. The van der Waals surface area contributed by atoms with E-state index in [9.17, 15) is 27.9 Å². The van der Waals surface area contributed by atoms with Gasteiger partial charge in [-0.3, -0.25) is 0 Å². The minimum atomic E-state index is -4.64. The molecule has 0 saturated heterocycles. The van der Waals surface area contributed by atoms with Crippen molar-refractivity contribution in [2.45, 2.75) is 43.3 Å². The highest BCUT2D eigenvalue weighted by atomic mass is 19.4. The first-order valence-corrected chi connectivity index (χ1v) is 13.7. The fourth-order valence-electron chi connectivity index (χ4n) is 5.24. The van der Waals surface area contributed by atoms with Crippen LogP contribution in [0.5, 0.6) is 11.8 Å². The second-order valence-corrected chi connectivity index (χ2v) is 10.5. The maximum atomic E-state index is 13.3. The zero-order valence-corrected chi connectivity index (χ0v) is 22.7. The molecule has 2 N–H and O–H groups in total. The average Bonchev–Trinajstić information content (AvgIpc) is 3.79. The van der Waals surface area contributed by atoms with Crippen LogP contribution in [-0.4, -0.2) is 39.8 Å². The number of nitrogens with zero attached hydrogens (tertiary/aromatic N) is 2. The fourth-order valence-corrected chi connectivity index (χ4v) is 5.24. The van der Waals surface area contributed by atoms with Crippen LogP contribution < -0.4 is 10.1 Å². The lowest BCUT2D eigenvalue weighted by atomic mass is 9.98. The number of aromatic nitrogens is 2. The molecule has 1 atom stereocenters. The number of hydrogen-bond donors (Lipinski definition) is 2. The van der Waals surface area contributed by atoms with E-state index in [-0.39, 0.29) is 36.3 Å². The van der Waals surface area contributed by atoms with Gasteiger partial charge in [-0.1, -0.05) is 60.7 Å².